The van der Waals surface area contributed by atoms with Gasteiger partial charge in [-0.3, -0.25) is 4.79 Å². The third-order valence-electron chi connectivity index (χ3n) is 3.91. The van der Waals surface area contributed by atoms with Crippen molar-refractivity contribution in [3.05, 3.63) is 29.6 Å². The minimum atomic E-state index is -0.582. The van der Waals surface area contributed by atoms with Gasteiger partial charge >= 0.3 is 0 Å². The largest absolute Gasteiger partial charge is 0.497 e. The van der Waals surface area contributed by atoms with Crippen LogP contribution in [0.2, 0.25) is 0 Å². The molecule has 0 radical (unpaired) electrons. The van der Waals surface area contributed by atoms with Crippen molar-refractivity contribution in [1.82, 2.24) is 10.2 Å². The summed E-state index contributed by atoms with van der Waals surface area (Å²) in [5.74, 6) is -0.600. The average Bonchev–Trinajstić information content (AvgIpc) is 2.52. The lowest BCUT2D eigenvalue weighted by molar-refractivity contribution is 0.0816. The SMILES string of the molecule is COc1ccc(C(=O)NCCCN2CCC(O)CC2)c(F)c1. The highest BCUT2D eigenvalue weighted by Gasteiger charge is 2.16. The zero-order valence-corrected chi connectivity index (χ0v) is 12.8. The number of benzene rings is 1. The van der Waals surface area contributed by atoms with Crippen molar-refractivity contribution in [3.8, 4) is 5.75 Å². The van der Waals surface area contributed by atoms with Crippen LogP contribution in [0.5, 0.6) is 5.75 Å². The minimum absolute atomic E-state index is 0.0295. The number of aliphatic hydroxyl groups excluding tert-OH is 1. The molecule has 0 aliphatic carbocycles. The molecule has 1 saturated heterocycles. The third-order valence-corrected chi connectivity index (χ3v) is 3.91. The molecule has 5 nitrogen and oxygen atoms in total. The number of likely N-dealkylation sites (tertiary alicyclic amines) is 1. The van der Waals surface area contributed by atoms with Gasteiger partial charge in [0.25, 0.3) is 5.91 Å². The van der Waals surface area contributed by atoms with E-state index in [4.69, 9.17) is 4.74 Å². The lowest BCUT2D eigenvalue weighted by Crippen LogP contribution is -2.37. The second-order valence-electron chi connectivity index (χ2n) is 5.53. The van der Waals surface area contributed by atoms with Crippen LogP contribution >= 0.6 is 0 Å². The highest BCUT2D eigenvalue weighted by Crippen LogP contribution is 2.16. The van der Waals surface area contributed by atoms with Crippen LogP contribution < -0.4 is 10.1 Å². The van der Waals surface area contributed by atoms with E-state index in [1.807, 2.05) is 0 Å². The van der Waals surface area contributed by atoms with Gasteiger partial charge in [0, 0.05) is 25.7 Å². The van der Waals surface area contributed by atoms with E-state index in [0.717, 1.165) is 38.9 Å². The van der Waals surface area contributed by atoms with Gasteiger partial charge in [-0.25, -0.2) is 4.39 Å². The lowest BCUT2D eigenvalue weighted by atomic mass is 10.1. The van der Waals surface area contributed by atoms with Crippen LogP contribution in [-0.2, 0) is 0 Å². The van der Waals surface area contributed by atoms with Gasteiger partial charge < -0.3 is 20.1 Å². The maximum absolute atomic E-state index is 13.8. The number of hydrogen-bond acceptors (Lipinski definition) is 4. The molecule has 0 unspecified atom stereocenters. The van der Waals surface area contributed by atoms with Gasteiger partial charge in [-0.1, -0.05) is 0 Å². The Morgan fingerprint density at radius 2 is 2.18 bits per heavy atom. The summed E-state index contributed by atoms with van der Waals surface area (Å²) in [6.07, 6.45) is 2.25. The second-order valence-corrected chi connectivity index (χ2v) is 5.53. The lowest BCUT2D eigenvalue weighted by Gasteiger charge is -2.29. The monoisotopic (exact) mass is 310 g/mol. The standard InChI is InChI=1S/C16H23FN2O3/c1-22-13-3-4-14(15(17)11-13)16(21)18-7-2-8-19-9-5-12(20)6-10-19/h3-4,11-12,20H,2,5-10H2,1H3,(H,18,21). The van der Waals surface area contributed by atoms with Crippen molar-refractivity contribution in [2.24, 2.45) is 0 Å². The third kappa shape index (κ3) is 4.68. The number of halogens is 1. The van der Waals surface area contributed by atoms with E-state index >= 15 is 0 Å². The summed E-state index contributed by atoms with van der Waals surface area (Å²) in [5, 5.41) is 12.2. The van der Waals surface area contributed by atoms with E-state index in [9.17, 15) is 14.3 Å². The molecule has 0 spiro atoms. The summed E-state index contributed by atoms with van der Waals surface area (Å²) in [6, 6.07) is 4.19. The zero-order valence-electron chi connectivity index (χ0n) is 12.8. The van der Waals surface area contributed by atoms with Crippen molar-refractivity contribution < 1.29 is 19.0 Å². The Labute approximate surface area is 130 Å². The fourth-order valence-electron chi connectivity index (χ4n) is 2.55. The molecule has 1 aliphatic heterocycles. The first kappa shape index (κ1) is 16.7. The van der Waals surface area contributed by atoms with Gasteiger partial charge in [0.1, 0.15) is 11.6 Å². The molecule has 0 atom stereocenters. The molecular weight excluding hydrogens is 287 g/mol. The molecule has 122 valence electrons. The Bertz CT molecular complexity index is 502. The first-order valence-corrected chi connectivity index (χ1v) is 7.62. The number of aliphatic hydroxyl groups is 1. The summed E-state index contributed by atoms with van der Waals surface area (Å²) in [7, 11) is 1.45. The van der Waals surface area contributed by atoms with Crippen molar-refractivity contribution in [3.63, 3.8) is 0 Å². The molecule has 1 aromatic rings. The normalized spacial score (nSPS) is 16.5. The smallest absolute Gasteiger partial charge is 0.254 e. The molecule has 2 rings (SSSR count). The first-order valence-electron chi connectivity index (χ1n) is 7.62. The molecule has 2 N–H and O–H groups in total. The average molecular weight is 310 g/mol. The minimum Gasteiger partial charge on any atom is -0.497 e. The number of hydrogen-bond donors (Lipinski definition) is 2. The number of rotatable bonds is 6. The van der Waals surface area contributed by atoms with Gasteiger partial charge in [0.15, 0.2) is 0 Å². The first-order chi connectivity index (χ1) is 10.6. The predicted octanol–water partition coefficient (Wildman–Crippen LogP) is 1.41. The molecule has 0 aromatic heterocycles. The molecule has 22 heavy (non-hydrogen) atoms. The highest BCUT2D eigenvalue weighted by atomic mass is 19.1. The van der Waals surface area contributed by atoms with Crippen LogP contribution in [0, 0.1) is 5.82 Å². The Morgan fingerprint density at radius 3 is 2.82 bits per heavy atom. The van der Waals surface area contributed by atoms with Crippen molar-refractivity contribution in [2.75, 3.05) is 33.3 Å². The summed E-state index contributed by atoms with van der Waals surface area (Å²) in [6.45, 7) is 3.16. The molecule has 1 aromatic carbocycles. The zero-order chi connectivity index (χ0) is 15.9. The fourth-order valence-corrected chi connectivity index (χ4v) is 2.55. The topological polar surface area (TPSA) is 61.8 Å². The van der Waals surface area contributed by atoms with Crippen LogP contribution in [0.3, 0.4) is 0 Å². The molecule has 0 saturated carbocycles. The molecule has 0 bridgehead atoms. The number of carbonyl (C=O) groups excluding carboxylic acids is 1. The summed E-state index contributed by atoms with van der Waals surface area (Å²) in [4.78, 5) is 14.2. The van der Waals surface area contributed by atoms with Gasteiger partial charge in [0.2, 0.25) is 0 Å². The van der Waals surface area contributed by atoms with Crippen LogP contribution in [0.25, 0.3) is 0 Å². The molecular formula is C16H23FN2O3. The molecule has 1 aliphatic rings. The molecule has 1 amide bonds. The summed E-state index contributed by atoms with van der Waals surface area (Å²) >= 11 is 0. The van der Waals surface area contributed by atoms with E-state index in [0.29, 0.717) is 12.3 Å². The number of carbonyl (C=O) groups is 1. The van der Waals surface area contributed by atoms with Gasteiger partial charge in [-0.15, -0.1) is 0 Å². The van der Waals surface area contributed by atoms with Crippen molar-refractivity contribution in [1.29, 1.82) is 0 Å². The summed E-state index contributed by atoms with van der Waals surface area (Å²) < 4.78 is 18.7. The number of nitrogens with one attached hydrogen (secondary N) is 1. The number of nitrogens with zero attached hydrogens (tertiary/aromatic N) is 1. The Morgan fingerprint density at radius 1 is 1.45 bits per heavy atom. The van der Waals surface area contributed by atoms with Gasteiger partial charge in [0.05, 0.1) is 18.8 Å². The quantitative estimate of drug-likeness (QED) is 0.780. The number of methoxy groups -OCH3 is 1. The Hall–Kier alpha value is -1.66. The van der Waals surface area contributed by atoms with E-state index < -0.39 is 11.7 Å². The fraction of sp³-hybridized carbons (Fsp3) is 0.562. The Balaban J connectivity index is 1.71. The Kier molecular flexibility index (Phi) is 6.15. The maximum Gasteiger partial charge on any atom is 0.254 e. The molecule has 1 heterocycles. The predicted molar refractivity (Wildman–Crippen MR) is 81.6 cm³/mol. The molecule has 6 heteroatoms. The van der Waals surface area contributed by atoms with E-state index in [2.05, 4.69) is 10.2 Å². The van der Waals surface area contributed by atoms with Gasteiger partial charge in [-0.2, -0.15) is 0 Å². The number of piperidine rings is 1. The highest BCUT2D eigenvalue weighted by molar-refractivity contribution is 5.94. The van der Waals surface area contributed by atoms with Crippen molar-refractivity contribution in [2.45, 2.75) is 25.4 Å². The van der Waals surface area contributed by atoms with Crippen LogP contribution in [0.1, 0.15) is 29.6 Å². The van der Waals surface area contributed by atoms with Crippen LogP contribution in [0.15, 0.2) is 18.2 Å². The van der Waals surface area contributed by atoms with Crippen LogP contribution in [-0.4, -0.2) is 55.3 Å². The number of amides is 1. The van der Waals surface area contributed by atoms with E-state index in [1.54, 1.807) is 6.07 Å². The molecule has 1 fully saturated rings. The maximum atomic E-state index is 13.8. The van der Waals surface area contributed by atoms with Crippen molar-refractivity contribution >= 4 is 5.91 Å². The van der Waals surface area contributed by atoms with E-state index in [1.165, 1.54) is 19.2 Å². The van der Waals surface area contributed by atoms with E-state index in [-0.39, 0.29) is 11.7 Å². The number of ether oxygens (including phenoxy) is 1. The van der Waals surface area contributed by atoms with Crippen LogP contribution in [0.4, 0.5) is 4.39 Å². The van der Waals surface area contributed by atoms with Gasteiger partial charge in [-0.05, 0) is 37.9 Å². The summed E-state index contributed by atoms with van der Waals surface area (Å²) in [5.41, 5.74) is 0.0295. The second kappa shape index (κ2) is 8.10.